The number of ether oxygens (including phenoxy) is 1. The largest absolute Gasteiger partial charge is 0.481 e. The van der Waals surface area contributed by atoms with Gasteiger partial charge in [-0.15, -0.1) is 10.2 Å². The lowest BCUT2D eigenvalue weighted by atomic mass is 9.98. The molecule has 5 rings (SSSR count). The zero-order chi connectivity index (χ0) is 22.1. The number of benzene rings is 1. The second-order valence-corrected chi connectivity index (χ2v) is 9.01. The third kappa shape index (κ3) is 4.08. The maximum absolute atomic E-state index is 5.33. The maximum atomic E-state index is 5.33. The van der Waals surface area contributed by atoms with Crippen LogP contribution < -0.4 is 10.1 Å². The predicted octanol–water partition coefficient (Wildman–Crippen LogP) is 5.04. The van der Waals surface area contributed by atoms with E-state index in [2.05, 4.69) is 56.6 Å². The number of hydrogen-bond acceptors (Lipinski definition) is 7. The molecule has 0 fully saturated rings. The highest BCUT2D eigenvalue weighted by Gasteiger charge is 2.20. The number of H-pyrrole nitrogens is 1. The summed E-state index contributed by atoms with van der Waals surface area (Å²) in [5, 5.41) is 18.3. The minimum absolute atomic E-state index is 0.321. The molecule has 0 amide bonds. The normalized spacial score (nSPS) is 12.9. The molecule has 0 saturated carbocycles. The van der Waals surface area contributed by atoms with Crippen molar-refractivity contribution in [3.63, 3.8) is 0 Å². The van der Waals surface area contributed by atoms with Crippen molar-refractivity contribution < 1.29 is 4.74 Å². The third-order valence-corrected chi connectivity index (χ3v) is 6.37. The SMILES string of the molecule is COc1cc(-c2ccc3c(c2Nc2nnc(Sc4ccn(C(C)C)n4)[nH]2)CCC3)ccn1. The molecule has 9 heteroatoms. The fourth-order valence-corrected chi connectivity index (χ4v) is 4.66. The van der Waals surface area contributed by atoms with Crippen LogP contribution in [0.25, 0.3) is 11.1 Å². The zero-order valence-electron chi connectivity index (χ0n) is 18.3. The van der Waals surface area contributed by atoms with Gasteiger partial charge in [-0.25, -0.2) is 4.98 Å². The van der Waals surface area contributed by atoms with Gasteiger partial charge in [-0.2, -0.15) is 5.10 Å². The number of aryl methyl sites for hydroxylation is 1. The average Bonchev–Trinajstić information content (AvgIpc) is 3.55. The fraction of sp³-hybridized carbons (Fsp3) is 0.304. The highest BCUT2D eigenvalue weighted by Crippen LogP contribution is 2.39. The van der Waals surface area contributed by atoms with E-state index >= 15 is 0 Å². The zero-order valence-corrected chi connectivity index (χ0v) is 19.1. The molecule has 3 heterocycles. The Bertz CT molecular complexity index is 1250. The Hall–Kier alpha value is -3.33. The number of aromatic nitrogens is 6. The predicted molar refractivity (Wildman–Crippen MR) is 125 cm³/mol. The molecule has 8 nitrogen and oxygen atoms in total. The number of aromatic amines is 1. The summed E-state index contributed by atoms with van der Waals surface area (Å²) in [6, 6.07) is 10.6. The van der Waals surface area contributed by atoms with Crippen LogP contribution in [0.4, 0.5) is 11.6 Å². The summed E-state index contributed by atoms with van der Waals surface area (Å²) in [4.78, 5) is 7.53. The van der Waals surface area contributed by atoms with E-state index < -0.39 is 0 Å². The van der Waals surface area contributed by atoms with Crippen molar-refractivity contribution in [3.05, 3.63) is 53.9 Å². The van der Waals surface area contributed by atoms with Crippen molar-refractivity contribution >= 4 is 23.4 Å². The summed E-state index contributed by atoms with van der Waals surface area (Å²) < 4.78 is 7.26. The van der Waals surface area contributed by atoms with Crippen LogP contribution in [0.2, 0.25) is 0 Å². The number of hydrogen-bond donors (Lipinski definition) is 2. The Balaban J connectivity index is 1.44. The van der Waals surface area contributed by atoms with Gasteiger partial charge in [0, 0.05) is 30.1 Å². The lowest BCUT2D eigenvalue weighted by Crippen LogP contribution is -2.01. The molecular weight excluding hydrogens is 422 g/mol. The van der Waals surface area contributed by atoms with Crippen LogP contribution >= 0.6 is 11.8 Å². The lowest BCUT2D eigenvalue weighted by molar-refractivity contribution is 0.398. The Morgan fingerprint density at radius 3 is 2.88 bits per heavy atom. The molecule has 0 atom stereocenters. The van der Waals surface area contributed by atoms with Crippen molar-refractivity contribution in [1.29, 1.82) is 0 Å². The summed E-state index contributed by atoms with van der Waals surface area (Å²) in [5.41, 5.74) is 5.91. The van der Waals surface area contributed by atoms with Crippen molar-refractivity contribution in [3.8, 4) is 17.0 Å². The van der Waals surface area contributed by atoms with E-state index in [1.54, 1.807) is 13.3 Å². The van der Waals surface area contributed by atoms with Crippen molar-refractivity contribution in [2.45, 2.75) is 49.3 Å². The molecule has 0 radical (unpaired) electrons. The van der Waals surface area contributed by atoms with E-state index in [0.29, 0.717) is 23.0 Å². The van der Waals surface area contributed by atoms with E-state index in [1.807, 2.05) is 29.1 Å². The average molecular weight is 448 g/mol. The smallest absolute Gasteiger partial charge is 0.227 e. The Kier molecular flexibility index (Phi) is 5.57. The molecule has 0 spiro atoms. The number of rotatable bonds is 7. The molecule has 1 aromatic carbocycles. The number of pyridine rings is 1. The van der Waals surface area contributed by atoms with Gasteiger partial charge in [-0.05, 0) is 73.7 Å². The quantitative estimate of drug-likeness (QED) is 0.410. The van der Waals surface area contributed by atoms with Crippen LogP contribution in [-0.4, -0.2) is 37.1 Å². The van der Waals surface area contributed by atoms with Gasteiger partial charge in [0.2, 0.25) is 11.8 Å². The van der Waals surface area contributed by atoms with Gasteiger partial charge in [-0.3, -0.25) is 4.68 Å². The molecule has 0 aliphatic heterocycles. The van der Waals surface area contributed by atoms with E-state index in [9.17, 15) is 0 Å². The van der Waals surface area contributed by atoms with Gasteiger partial charge in [0.05, 0.1) is 12.8 Å². The molecule has 164 valence electrons. The Labute approximate surface area is 190 Å². The number of nitrogens with zero attached hydrogens (tertiary/aromatic N) is 5. The molecule has 32 heavy (non-hydrogen) atoms. The molecule has 4 aromatic rings. The van der Waals surface area contributed by atoms with E-state index in [0.717, 1.165) is 41.1 Å². The van der Waals surface area contributed by atoms with E-state index in [-0.39, 0.29) is 0 Å². The summed E-state index contributed by atoms with van der Waals surface area (Å²) in [6.07, 6.45) is 7.04. The number of methoxy groups -OCH3 is 1. The molecule has 1 aliphatic carbocycles. The van der Waals surface area contributed by atoms with Crippen LogP contribution in [0.1, 0.15) is 37.4 Å². The minimum Gasteiger partial charge on any atom is -0.481 e. The van der Waals surface area contributed by atoms with Crippen molar-refractivity contribution in [2.24, 2.45) is 0 Å². The number of nitrogens with one attached hydrogen (secondary N) is 2. The van der Waals surface area contributed by atoms with Crippen LogP contribution in [0.3, 0.4) is 0 Å². The van der Waals surface area contributed by atoms with Crippen molar-refractivity contribution in [1.82, 2.24) is 29.9 Å². The first-order chi connectivity index (χ1) is 15.6. The first-order valence-electron chi connectivity index (χ1n) is 10.7. The lowest BCUT2D eigenvalue weighted by Gasteiger charge is -2.16. The minimum atomic E-state index is 0.321. The molecular formula is C23H25N7OS. The Morgan fingerprint density at radius 1 is 1.16 bits per heavy atom. The topological polar surface area (TPSA) is 93.5 Å². The second kappa shape index (κ2) is 8.66. The van der Waals surface area contributed by atoms with E-state index in [4.69, 9.17) is 4.74 Å². The van der Waals surface area contributed by atoms with Crippen LogP contribution in [0.5, 0.6) is 5.88 Å². The Morgan fingerprint density at radius 2 is 2.06 bits per heavy atom. The summed E-state index contributed by atoms with van der Waals surface area (Å²) in [7, 11) is 1.63. The maximum Gasteiger partial charge on any atom is 0.227 e. The molecule has 0 unspecified atom stereocenters. The van der Waals surface area contributed by atoms with Crippen LogP contribution in [0.15, 0.2) is 52.9 Å². The van der Waals surface area contributed by atoms with E-state index in [1.165, 1.54) is 22.9 Å². The summed E-state index contributed by atoms with van der Waals surface area (Å²) >= 11 is 1.46. The van der Waals surface area contributed by atoms with Gasteiger partial charge in [0.25, 0.3) is 0 Å². The van der Waals surface area contributed by atoms with Gasteiger partial charge in [0.15, 0.2) is 5.16 Å². The van der Waals surface area contributed by atoms with Crippen LogP contribution in [-0.2, 0) is 12.8 Å². The fourth-order valence-electron chi connectivity index (χ4n) is 3.97. The van der Waals surface area contributed by atoms with Gasteiger partial charge < -0.3 is 15.0 Å². The summed E-state index contributed by atoms with van der Waals surface area (Å²) in [6.45, 7) is 4.21. The molecule has 0 bridgehead atoms. The van der Waals surface area contributed by atoms with Gasteiger partial charge in [-0.1, -0.05) is 12.1 Å². The van der Waals surface area contributed by atoms with Crippen LogP contribution in [0, 0.1) is 0 Å². The molecule has 2 N–H and O–H groups in total. The van der Waals surface area contributed by atoms with Crippen molar-refractivity contribution in [2.75, 3.05) is 12.4 Å². The number of fused-ring (bicyclic) bond motifs is 1. The highest BCUT2D eigenvalue weighted by molar-refractivity contribution is 7.99. The second-order valence-electron chi connectivity index (χ2n) is 8.00. The van der Waals surface area contributed by atoms with Gasteiger partial charge in [0.1, 0.15) is 5.03 Å². The first kappa shape index (κ1) is 20.6. The molecule has 1 aliphatic rings. The first-order valence-corrected chi connectivity index (χ1v) is 11.5. The highest BCUT2D eigenvalue weighted by atomic mass is 32.2. The third-order valence-electron chi connectivity index (χ3n) is 5.56. The summed E-state index contributed by atoms with van der Waals surface area (Å²) in [5.74, 6) is 1.20. The molecule has 0 saturated heterocycles. The number of anilines is 2. The van der Waals surface area contributed by atoms with Gasteiger partial charge >= 0.3 is 0 Å². The standard InChI is InChI=1S/C23H25N7OS/c1-14(2)30-12-10-20(29-30)32-23-26-22(27-28-23)25-21-17-6-4-5-15(17)7-8-18(21)16-9-11-24-19(13-16)31-3/h7-14H,4-6H2,1-3H3,(H2,25,26,27,28). The molecule has 3 aromatic heterocycles. The monoisotopic (exact) mass is 447 g/mol.